The van der Waals surface area contributed by atoms with Crippen molar-refractivity contribution >= 4 is 46.0 Å². The quantitative estimate of drug-likeness (QED) is 0.0904. The lowest BCUT2D eigenvalue weighted by Crippen LogP contribution is -2.04. The Bertz CT molecular complexity index is 1330. The predicted molar refractivity (Wildman–Crippen MR) is 163 cm³/mol. The average molecular weight is 576 g/mol. The molecular weight excluding hydrogens is 543 g/mol. The molecule has 0 atom stereocenters. The summed E-state index contributed by atoms with van der Waals surface area (Å²) < 4.78 is 12.0. The van der Waals surface area contributed by atoms with E-state index in [2.05, 4.69) is 20.5 Å². The van der Waals surface area contributed by atoms with Gasteiger partial charge in [0.05, 0.1) is 47.7 Å². The van der Waals surface area contributed by atoms with Crippen LogP contribution in [0.5, 0.6) is 11.5 Å². The maximum atomic E-state index is 6.17. The van der Waals surface area contributed by atoms with Gasteiger partial charge in [0.2, 0.25) is 0 Å². The van der Waals surface area contributed by atoms with Crippen molar-refractivity contribution in [1.29, 1.82) is 0 Å². The van der Waals surface area contributed by atoms with Crippen LogP contribution in [-0.4, -0.2) is 13.2 Å². The molecule has 0 aliphatic heterocycles. The van der Waals surface area contributed by atoms with E-state index in [1.54, 1.807) is 0 Å². The van der Waals surface area contributed by atoms with Crippen LogP contribution in [-0.2, 0) is 11.8 Å². The minimum Gasteiger partial charge on any atom is -0.493 e. The van der Waals surface area contributed by atoms with E-state index < -0.39 is 0 Å². The topological polar surface area (TPSA) is 67.9 Å². The van der Waals surface area contributed by atoms with Gasteiger partial charge in [0.25, 0.3) is 0 Å². The molecule has 0 aliphatic rings. The van der Waals surface area contributed by atoms with Crippen molar-refractivity contribution in [2.75, 3.05) is 13.2 Å². The lowest BCUT2D eigenvalue weighted by atomic mass is 10.2. The molecule has 206 valence electrons. The van der Waals surface area contributed by atoms with Gasteiger partial charge in [0.15, 0.2) is 0 Å². The lowest BCUT2D eigenvalue weighted by Gasteiger charge is -2.12. The molecule has 6 nitrogen and oxygen atoms in total. The fraction of sp³-hybridized carbons (Fsp3) is 0.250. The summed E-state index contributed by atoms with van der Waals surface area (Å²) >= 11 is 12.3. The summed E-state index contributed by atoms with van der Waals surface area (Å²) in [7, 11) is 0. The molecule has 0 saturated heterocycles. The zero-order chi connectivity index (χ0) is 28.2. The third kappa shape index (κ3) is 8.90. The SMILES string of the molecule is Cc1ccc(N=Nc2ccc(OCCCCOc3ccc(N=Nc4ccc(C)cc4)cc3CCl)c(CCl)c2)cc1. The number of benzene rings is 4. The molecule has 0 bridgehead atoms. The Morgan fingerprint density at radius 2 is 0.850 bits per heavy atom. The smallest absolute Gasteiger partial charge is 0.123 e. The van der Waals surface area contributed by atoms with E-state index in [9.17, 15) is 0 Å². The molecule has 0 spiro atoms. The van der Waals surface area contributed by atoms with Crippen molar-refractivity contribution in [3.8, 4) is 11.5 Å². The van der Waals surface area contributed by atoms with Gasteiger partial charge in [-0.05, 0) is 87.4 Å². The van der Waals surface area contributed by atoms with Crippen LogP contribution in [0.15, 0.2) is 105 Å². The number of halogens is 2. The molecular formula is C32H32Cl2N4O2. The highest BCUT2D eigenvalue weighted by Crippen LogP contribution is 2.29. The zero-order valence-corrected chi connectivity index (χ0v) is 24.2. The van der Waals surface area contributed by atoms with Gasteiger partial charge in [0.1, 0.15) is 11.5 Å². The van der Waals surface area contributed by atoms with Gasteiger partial charge >= 0.3 is 0 Å². The second-order valence-corrected chi connectivity index (χ2v) is 9.86. The highest BCUT2D eigenvalue weighted by Gasteiger charge is 2.07. The summed E-state index contributed by atoms with van der Waals surface area (Å²) in [5, 5.41) is 17.2. The van der Waals surface area contributed by atoms with E-state index in [-0.39, 0.29) is 0 Å². The van der Waals surface area contributed by atoms with Crippen LogP contribution in [0.2, 0.25) is 0 Å². The highest BCUT2D eigenvalue weighted by molar-refractivity contribution is 6.17. The minimum absolute atomic E-state index is 0.327. The summed E-state index contributed by atoms with van der Waals surface area (Å²) in [4.78, 5) is 0. The zero-order valence-electron chi connectivity index (χ0n) is 22.7. The number of hydrogen-bond acceptors (Lipinski definition) is 6. The predicted octanol–water partition coefficient (Wildman–Crippen LogP) is 10.8. The van der Waals surface area contributed by atoms with Gasteiger partial charge in [-0.2, -0.15) is 20.5 Å². The van der Waals surface area contributed by atoms with Gasteiger partial charge in [0, 0.05) is 11.1 Å². The van der Waals surface area contributed by atoms with E-state index in [4.69, 9.17) is 32.7 Å². The van der Waals surface area contributed by atoms with Crippen molar-refractivity contribution < 1.29 is 9.47 Å². The number of unbranched alkanes of at least 4 members (excludes halogenated alkanes) is 1. The number of nitrogens with zero attached hydrogens (tertiary/aromatic N) is 4. The van der Waals surface area contributed by atoms with Gasteiger partial charge in [-0.3, -0.25) is 0 Å². The lowest BCUT2D eigenvalue weighted by molar-refractivity contribution is 0.264. The number of hydrogen-bond donors (Lipinski definition) is 0. The molecule has 0 saturated carbocycles. The first-order valence-corrected chi connectivity index (χ1v) is 14.2. The summed E-state index contributed by atoms with van der Waals surface area (Å²) in [6.45, 7) is 5.19. The Morgan fingerprint density at radius 1 is 0.500 bits per heavy atom. The largest absolute Gasteiger partial charge is 0.493 e. The standard InChI is InChI=1S/C32H32Cl2N4O2/c1-23-5-9-27(10-6-23)35-37-29-13-15-31(25(19-29)21-33)39-17-3-4-18-40-32-16-14-30(20-26(32)22-34)38-36-28-11-7-24(2)8-12-28/h5-16,19-20H,3-4,17-18,21-22H2,1-2H3. The fourth-order valence-corrected chi connectivity index (χ4v) is 4.19. The molecule has 0 unspecified atom stereocenters. The summed E-state index contributed by atoms with van der Waals surface area (Å²) in [5.74, 6) is 2.16. The van der Waals surface area contributed by atoms with Crippen LogP contribution in [0.25, 0.3) is 0 Å². The molecule has 0 aliphatic carbocycles. The van der Waals surface area contributed by atoms with Crippen LogP contribution >= 0.6 is 23.2 Å². The van der Waals surface area contributed by atoms with Crippen LogP contribution in [0.4, 0.5) is 22.7 Å². The molecule has 0 amide bonds. The number of aryl methyl sites for hydroxylation is 2. The molecule has 4 rings (SSSR count). The van der Waals surface area contributed by atoms with Crippen LogP contribution in [0.3, 0.4) is 0 Å². The normalized spacial score (nSPS) is 11.4. The number of alkyl halides is 2. The van der Waals surface area contributed by atoms with E-state index >= 15 is 0 Å². The van der Waals surface area contributed by atoms with Crippen molar-refractivity contribution in [2.45, 2.75) is 38.4 Å². The highest BCUT2D eigenvalue weighted by atomic mass is 35.5. The van der Waals surface area contributed by atoms with Crippen molar-refractivity contribution in [3.05, 3.63) is 107 Å². The van der Waals surface area contributed by atoms with Gasteiger partial charge in [-0.1, -0.05) is 35.4 Å². The Hall–Kier alpha value is -3.74. The Kier molecular flexibility index (Phi) is 11.1. The molecule has 0 heterocycles. The molecule has 4 aromatic carbocycles. The Balaban J connectivity index is 1.22. The van der Waals surface area contributed by atoms with E-state index in [0.29, 0.717) is 25.0 Å². The van der Waals surface area contributed by atoms with Crippen LogP contribution in [0, 0.1) is 13.8 Å². The molecule has 0 N–H and O–H groups in total. The second kappa shape index (κ2) is 15.2. The first kappa shape index (κ1) is 29.2. The minimum atomic E-state index is 0.327. The summed E-state index contributed by atoms with van der Waals surface area (Å²) in [6.07, 6.45) is 1.66. The molecule has 0 fully saturated rings. The van der Waals surface area contributed by atoms with E-state index in [0.717, 1.165) is 58.2 Å². The maximum Gasteiger partial charge on any atom is 0.123 e. The third-order valence-electron chi connectivity index (χ3n) is 6.06. The van der Waals surface area contributed by atoms with E-state index in [1.165, 1.54) is 11.1 Å². The maximum absolute atomic E-state index is 6.17. The van der Waals surface area contributed by atoms with E-state index in [1.807, 2.05) is 98.8 Å². The van der Waals surface area contributed by atoms with Gasteiger partial charge in [-0.15, -0.1) is 23.2 Å². The number of azo groups is 2. The Morgan fingerprint density at radius 3 is 1.23 bits per heavy atom. The molecule has 0 aromatic heterocycles. The van der Waals surface area contributed by atoms with Gasteiger partial charge < -0.3 is 9.47 Å². The third-order valence-corrected chi connectivity index (χ3v) is 6.64. The van der Waals surface area contributed by atoms with Crippen LogP contribution in [0.1, 0.15) is 35.1 Å². The molecule has 8 heteroatoms. The van der Waals surface area contributed by atoms with Crippen LogP contribution < -0.4 is 9.47 Å². The van der Waals surface area contributed by atoms with Gasteiger partial charge in [-0.25, -0.2) is 0 Å². The molecule has 4 aromatic rings. The number of rotatable bonds is 13. The summed E-state index contributed by atoms with van der Waals surface area (Å²) in [6, 6.07) is 27.1. The molecule has 0 radical (unpaired) electrons. The second-order valence-electron chi connectivity index (χ2n) is 9.33. The number of ether oxygens (including phenoxy) is 2. The van der Waals surface area contributed by atoms with Crippen molar-refractivity contribution in [2.24, 2.45) is 20.5 Å². The monoisotopic (exact) mass is 574 g/mol. The van der Waals surface area contributed by atoms with Crippen molar-refractivity contribution in [3.63, 3.8) is 0 Å². The fourth-order valence-electron chi connectivity index (χ4n) is 3.77. The molecule has 40 heavy (non-hydrogen) atoms. The summed E-state index contributed by atoms with van der Waals surface area (Å²) in [5.41, 5.74) is 7.20. The first-order valence-electron chi connectivity index (χ1n) is 13.1. The van der Waals surface area contributed by atoms with Crippen molar-refractivity contribution in [1.82, 2.24) is 0 Å². The first-order chi connectivity index (χ1) is 19.5. The average Bonchev–Trinajstić information content (AvgIpc) is 2.99. The Labute approximate surface area is 245 Å².